The molecule has 1 N–H and O–H groups in total. The van der Waals surface area contributed by atoms with Crippen molar-refractivity contribution in [2.75, 3.05) is 20.8 Å². The van der Waals surface area contributed by atoms with E-state index in [0.717, 1.165) is 29.7 Å². The van der Waals surface area contributed by atoms with Crippen LogP contribution in [0.25, 0.3) is 0 Å². The Morgan fingerprint density at radius 1 is 1.08 bits per heavy atom. The number of rotatable bonds is 9. The summed E-state index contributed by atoms with van der Waals surface area (Å²) in [6, 6.07) is 13.3. The maximum Gasteiger partial charge on any atom is 0.341 e. The van der Waals surface area contributed by atoms with Gasteiger partial charge in [-0.3, -0.25) is 0 Å². The molecule has 0 saturated heterocycles. The SMILES string of the molecule is COc1ccc(CC[CH]c2cccc(OCC(=O)O)c2)cc1OC. The van der Waals surface area contributed by atoms with E-state index in [1.807, 2.05) is 36.4 Å². The maximum atomic E-state index is 10.5. The molecule has 24 heavy (non-hydrogen) atoms. The molecule has 0 unspecified atom stereocenters. The number of carboxylic acid groups (broad SMARTS) is 1. The summed E-state index contributed by atoms with van der Waals surface area (Å²) < 4.78 is 15.7. The Bertz CT molecular complexity index is 681. The van der Waals surface area contributed by atoms with Crippen LogP contribution in [0.4, 0.5) is 0 Å². The fraction of sp³-hybridized carbons (Fsp3) is 0.263. The highest BCUT2D eigenvalue weighted by atomic mass is 16.5. The quantitative estimate of drug-likeness (QED) is 0.764. The third-order valence-electron chi connectivity index (χ3n) is 3.48. The molecule has 2 aromatic rings. The number of methoxy groups -OCH3 is 2. The van der Waals surface area contributed by atoms with Crippen molar-refractivity contribution >= 4 is 5.97 Å². The molecule has 0 heterocycles. The van der Waals surface area contributed by atoms with Gasteiger partial charge in [0.05, 0.1) is 14.2 Å². The number of hydrogen-bond donors (Lipinski definition) is 1. The van der Waals surface area contributed by atoms with Gasteiger partial charge in [0.15, 0.2) is 18.1 Å². The molecular formula is C19H21O5. The molecule has 0 saturated carbocycles. The smallest absolute Gasteiger partial charge is 0.341 e. The number of carboxylic acids is 1. The van der Waals surface area contributed by atoms with Crippen LogP contribution >= 0.6 is 0 Å². The Labute approximate surface area is 141 Å². The highest BCUT2D eigenvalue weighted by Crippen LogP contribution is 2.28. The van der Waals surface area contributed by atoms with Gasteiger partial charge >= 0.3 is 5.97 Å². The first kappa shape index (κ1) is 17.7. The molecule has 0 aliphatic heterocycles. The summed E-state index contributed by atoms with van der Waals surface area (Å²) in [5, 5.41) is 8.64. The first-order chi connectivity index (χ1) is 11.6. The molecule has 2 rings (SSSR count). The van der Waals surface area contributed by atoms with E-state index in [1.54, 1.807) is 20.3 Å². The van der Waals surface area contributed by atoms with Crippen LogP contribution in [0.2, 0.25) is 0 Å². The highest BCUT2D eigenvalue weighted by molar-refractivity contribution is 5.68. The van der Waals surface area contributed by atoms with Crippen molar-refractivity contribution in [2.45, 2.75) is 12.8 Å². The minimum absolute atomic E-state index is 0.338. The number of ether oxygens (including phenoxy) is 3. The van der Waals surface area contributed by atoms with Gasteiger partial charge in [0, 0.05) is 0 Å². The molecule has 0 atom stereocenters. The van der Waals surface area contributed by atoms with Crippen LogP contribution < -0.4 is 14.2 Å². The molecule has 5 nitrogen and oxygen atoms in total. The van der Waals surface area contributed by atoms with Crippen molar-refractivity contribution in [3.63, 3.8) is 0 Å². The number of benzene rings is 2. The van der Waals surface area contributed by atoms with Gasteiger partial charge in [-0.15, -0.1) is 0 Å². The molecule has 0 aromatic heterocycles. The number of carbonyl (C=O) groups is 1. The summed E-state index contributed by atoms with van der Waals surface area (Å²) in [5.41, 5.74) is 2.15. The first-order valence-corrected chi connectivity index (χ1v) is 7.61. The lowest BCUT2D eigenvalue weighted by Crippen LogP contribution is -2.09. The van der Waals surface area contributed by atoms with Crippen molar-refractivity contribution in [2.24, 2.45) is 0 Å². The van der Waals surface area contributed by atoms with E-state index in [9.17, 15) is 4.79 Å². The predicted molar refractivity (Wildman–Crippen MR) is 90.8 cm³/mol. The molecule has 0 fully saturated rings. The Hall–Kier alpha value is -2.69. The van der Waals surface area contributed by atoms with Crippen molar-refractivity contribution in [1.29, 1.82) is 0 Å². The number of hydrogen-bond acceptors (Lipinski definition) is 4. The summed E-state index contributed by atoms with van der Waals surface area (Å²) >= 11 is 0. The Kier molecular flexibility index (Phi) is 6.49. The molecular weight excluding hydrogens is 308 g/mol. The van der Waals surface area contributed by atoms with Gasteiger partial charge in [-0.1, -0.05) is 18.2 Å². The lowest BCUT2D eigenvalue weighted by atomic mass is 10.0. The zero-order chi connectivity index (χ0) is 17.4. The monoisotopic (exact) mass is 329 g/mol. The van der Waals surface area contributed by atoms with Crippen molar-refractivity contribution in [3.05, 3.63) is 60.0 Å². The summed E-state index contributed by atoms with van der Waals surface area (Å²) in [7, 11) is 3.24. The molecule has 0 aliphatic rings. The van der Waals surface area contributed by atoms with Gasteiger partial charge in [-0.05, 0) is 54.7 Å². The number of aryl methyl sites for hydroxylation is 1. The molecule has 2 aromatic carbocycles. The van der Waals surface area contributed by atoms with E-state index < -0.39 is 5.97 Å². The maximum absolute atomic E-state index is 10.5. The van der Waals surface area contributed by atoms with Crippen LogP contribution in [0.5, 0.6) is 17.2 Å². The van der Waals surface area contributed by atoms with E-state index >= 15 is 0 Å². The van der Waals surface area contributed by atoms with Gasteiger partial charge in [0.25, 0.3) is 0 Å². The largest absolute Gasteiger partial charge is 0.493 e. The fourth-order valence-corrected chi connectivity index (χ4v) is 2.32. The predicted octanol–water partition coefficient (Wildman–Crippen LogP) is 3.35. The second-order valence-electron chi connectivity index (χ2n) is 5.19. The second-order valence-corrected chi connectivity index (χ2v) is 5.19. The lowest BCUT2D eigenvalue weighted by Gasteiger charge is -2.10. The fourth-order valence-electron chi connectivity index (χ4n) is 2.32. The van der Waals surface area contributed by atoms with Crippen LogP contribution in [-0.4, -0.2) is 31.9 Å². The van der Waals surface area contributed by atoms with Crippen molar-refractivity contribution in [3.8, 4) is 17.2 Å². The minimum Gasteiger partial charge on any atom is -0.493 e. The van der Waals surface area contributed by atoms with Gasteiger partial charge in [-0.25, -0.2) is 4.79 Å². The van der Waals surface area contributed by atoms with E-state index in [0.29, 0.717) is 11.5 Å². The van der Waals surface area contributed by atoms with Crippen molar-refractivity contribution in [1.82, 2.24) is 0 Å². The molecule has 1 radical (unpaired) electrons. The van der Waals surface area contributed by atoms with Crippen LogP contribution in [0.1, 0.15) is 17.5 Å². The van der Waals surface area contributed by atoms with Crippen LogP contribution in [0.15, 0.2) is 42.5 Å². The summed E-state index contributed by atoms with van der Waals surface area (Å²) in [5.74, 6) is 1.00. The first-order valence-electron chi connectivity index (χ1n) is 7.61. The Morgan fingerprint density at radius 2 is 1.88 bits per heavy atom. The van der Waals surface area contributed by atoms with E-state index in [2.05, 4.69) is 6.42 Å². The van der Waals surface area contributed by atoms with Crippen LogP contribution in [-0.2, 0) is 11.2 Å². The van der Waals surface area contributed by atoms with E-state index in [1.165, 1.54) is 0 Å². The Balaban J connectivity index is 1.90. The van der Waals surface area contributed by atoms with Crippen molar-refractivity contribution < 1.29 is 24.1 Å². The molecule has 5 heteroatoms. The standard InChI is InChI=1S/C19H21O5/c1-22-17-10-9-15(12-18(17)23-2)6-3-5-14-7-4-8-16(11-14)24-13-19(20)21/h4-5,7-12H,3,6,13H2,1-2H3,(H,20,21). The third kappa shape index (κ3) is 5.19. The Morgan fingerprint density at radius 3 is 2.58 bits per heavy atom. The molecule has 0 amide bonds. The number of aliphatic carboxylic acids is 1. The average Bonchev–Trinajstić information content (AvgIpc) is 2.60. The van der Waals surface area contributed by atoms with Gasteiger partial charge in [0.1, 0.15) is 5.75 Å². The lowest BCUT2D eigenvalue weighted by molar-refractivity contribution is -0.139. The van der Waals surface area contributed by atoms with Crippen LogP contribution in [0, 0.1) is 6.42 Å². The molecule has 0 bridgehead atoms. The second kappa shape index (κ2) is 8.82. The molecule has 0 spiro atoms. The normalized spacial score (nSPS) is 10.2. The van der Waals surface area contributed by atoms with Gasteiger partial charge in [0.2, 0.25) is 0 Å². The van der Waals surface area contributed by atoms with E-state index in [4.69, 9.17) is 19.3 Å². The minimum atomic E-state index is -0.988. The summed E-state index contributed by atoms with van der Waals surface area (Å²) in [6.07, 6.45) is 3.79. The summed E-state index contributed by atoms with van der Waals surface area (Å²) in [6.45, 7) is -0.338. The van der Waals surface area contributed by atoms with Gasteiger partial charge < -0.3 is 19.3 Å². The average molecular weight is 329 g/mol. The molecule has 0 aliphatic carbocycles. The zero-order valence-corrected chi connectivity index (χ0v) is 13.8. The molecule has 127 valence electrons. The third-order valence-corrected chi connectivity index (χ3v) is 3.48. The zero-order valence-electron chi connectivity index (χ0n) is 13.8. The van der Waals surface area contributed by atoms with Gasteiger partial charge in [-0.2, -0.15) is 0 Å². The highest BCUT2D eigenvalue weighted by Gasteiger charge is 2.05. The topological polar surface area (TPSA) is 65.0 Å². The van der Waals surface area contributed by atoms with E-state index in [-0.39, 0.29) is 6.61 Å². The van der Waals surface area contributed by atoms with Crippen LogP contribution in [0.3, 0.4) is 0 Å². The summed E-state index contributed by atoms with van der Waals surface area (Å²) in [4.78, 5) is 10.5.